The van der Waals surface area contributed by atoms with Crippen LogP contribution >= 0.6 is 0 Å². The lowest BCUT2D eigenvalue weighted by Crippen LogP contribution is -2.42. The van der Waals surface area contributed by atoms with Crippen LogP contribution in [0.5, 0.6) is 0 Å². The maximum atomic E-state index is 4.66. The minimum absolute atomic E-state index is 0.359. The molecule has 1 aromatic carbocycles. The van der Waals surface area contributed by atoms with Crippen LogP contribution in [0.15, 0.2) is 41.7 Å². The zero-order valence-corrected chi connectivity index (χ0v) is 15.7. The van der Waals surface area contributed by atoms with Crippen molar-refractivity contribution in [3.8, 4) is 0 Å². The summed E-state index contributed by atoms with van der Waals surface area (Å²) in [5.74, 6) is 1.66. The first-order chi connectivity index (χ1) is 12.8. The van der Waals surface area contributed by atoms with Crippen molar-refractivity contribution >= 4 is 5.96 Å². The van der Waals surface area contributed by atoms with Gasteiger partial charge in [0.2, 0.25) is 0 Å². The molecule has 2 N–H and O–H groups in total. The summed E-state index contributed by atoms with van der Waals surface area (Å²) in [6.07, 6.45) is 4.12. The van der Waals surface area contributed by atoms with Gasteiger partial charge in [0.15, 0.2) is 5.96 Å². The van der Waals surface area contributed by atoms with Crippen molar-refractivity contribution in [2.24, 2.45) is 12.0 Å². The van der Waals surface area contributed by atoms with Crippen molar-refractivity contribution in [3.63, 3.8) is 0 Å². The van der Waals surface area contributed by atoms with Gasteiger partial charge in [-0.05, 0) is 38.4 Å². The molecule has 1 fully saturated rings. The Bertz CT molecular complexity index is 689. The molecule has 1 aliphatic heterocycles. The predicted octanol–water partition coefficient (Wildman–Crippen LogP) is 1.71. The van der Waals surface area contributed by atoms with Gasteiger partial charge in [0.05, 0.1) is 6.04 Å². The van der Waals surface area contributed by atoms with Crippen molar-refractivity contribution in [1.82, 2.24) is 30.3 Å². The third kappa shape index (κ3) is 4.82. The summed E-state index contributed by atoms with van der Waals surface area (Å²) in [6, 6.07) is 11.1. The highest BCUT2D eigenvalue weighted by Gasteiger charge is 2.23. The summed E-state index contributed by atoms with van der Waals surface area (Å²) in [7, 11) is 1.89. The molecule has 7 heteroatoms. The van der Waals surface area contributed by atoms with Crippen LogP contribution in [0.2, 0.25) is 0 Å². The molecule has 0 amide bonds. The molecule has 0 saturated carbocycles. The van der Waals surface area contributed by atoms with Crippen LogP contribution in [0.4, 0.5) is 0 Å². The maximum Gasteiger partial charge on any atom is 0.191 e. The average molecular weight is 355 g/mol. The standard InChI is InChI=1S/C19H29N7/c1-3-20-19(22-14-18-23-15-24-25(18)2)21-13-17(26-11-7-8-12-26)16-9-5-4-6-10-16/h4-6,9-10,15,17H,3,7-8,11-14H2,1-2H3,(H2,20,21,22). The van der Waals surface area contributed by atoms with Crippen molar-refractivity contribution in [2.75, 3.05) is 26.2 Å². The van der Waals surface area contributed by atoms with Crippen molar-refractivity contribution in [2.45, 2.75) is 32.4 Å². The quantitative estimate of drug-likeness (QED) is 0.584. The van der Waals surface area contributed by atoms with Gasteiger partial charge in [-0.15, -0.1) is 0 Å². The molecule has 26 heavy (non-hydrogen) atoms. The number of aromatic nitrogens is 3. The number of hydrogen-bond donors (Lipinski definition) is 2. The van der Waals surface area contributed by atoms with E-state index in [1.165, 1.54) is 18.4 Å². The molecular formula is C19H29N7. The van der Waals surface area contributed by atoms with Gasteiger partial charge in [-0.3, -0.25) is 9.58 Å². The summed E-state index contributed by atoms with van der Waals surface area (Å²) < 4.78 is 1.75. The first-order valence-corrected chi connectivity index (χ1v) is 9.42. The maximum absolute atomic E-state index is 4.66. The number of rotatable bonds is 7. The molecule has 1 aromatic heterocycles. The van der Waals surface area contributed by atoms with Crippen molar-refractivity contribution in [1.29, 1.82) is 0 Å². The molecule has 1 aliphatic rings. The van der Waals surface area contributed by atoms with Gasteiger partial charge in [0.25, 0.3) is 0 Å². The van der Waals surface area contributed by atoms with Crippen LogP contribution in [0, 0.1) is 0 Å². The number of likely N-dealkylation sites (tertiary alicyclic amines) is 1. The first-order valence-electron chi connectivity index (χ1n) is 9.42. The van der Waals surface area contributed by atoms with Crippen LogP contribution < -0.4 is 10.6 Å². The van der Waals surface area contributed by atoms with Crippen LogP contribution in [0.3, 0.4) is 0 Å². The average Bonchev–Trinajstić information content (AvgIpc) is 3.33. The molecule has 1 atom stereocenters. The Hall–Kier alpha value is -2.41. The zero-order valence-electron chi connectivity index (χ0n) is 15.7. The lowest BCUT2D eigenvalue weighted by Gasteiger charge is -2.29. The smallest absolute Gasteiger partial charge is 0.191 e. The molecule has 0 spiro atoms. The van der Waals surface area contributed by atoms with E-state index in [0.29, 0.717) is 12.6 Å². The lowest BCUT2D eigenvalue weighted by atomic mass is 10.1. The molecular weight excluding hydrogens is 326 g/mol. The molecule has 3 rings (SSSR count). The van der Waals surface area contributed by atoms with Gasteiger partial charge >= 0.3 is 0 Å². The molecule has 1 saturated heterocycles. The highest BCUT2D eigenvalue weighted by molar-refractivity contribution is 5.79. The number of benzene rings is 1. The Morgan fingerprint density at radius 2 is 1.96 bits per heavy atom. The summed E-state index contributed by atoms with van der Waals surface area (Å²) in [4.78, 5) is 11.5. The van der Waals surface area contributed by atoms with E-state index in [4.69, 9.17) is 0 Å². The summed E-state index contributed by atoms with van der Waals surface area (Å²) in [6.45, 7) is 6.56. The molecule has 2 heterocycles. The summed E-state index contributed by atoms with van der Waals surface area (Å²) in [5, 5.41) is 10.9. The number of guanidine groups is 1. The molecule has 0 aliphatic carbocycles. The third-order valence-electron chi connectivity index (χ3n) is 4.76. The SMILES string of the molecule is CCNC(=NCc1ncnn1C)NCC(c1ccccc1)N1CCCC1. The Morgan fingerprint density at radius 1 is 1.19 bits per heavy atom. The fourth-order valence-electron chi connectivity index (χ4n) is 3.33. The number of hydrogen-bond acceptors (Lipinski definition) is 4. The third-order valence-corrected chi connectivity index (χ3v) is 4.76. The Kier molecular flexibility index (Phi) is 6.60. The van der Waals surface area contributed by atoms with Crippen LogP contribution in [0.1, 0.15) is 37.2 Å². The van der Waals surface area contributed by atoms with Crippen molar-refractivity contribution < 1.29 is 0 Å². The number of aliphatic imine (C=N–C) groups is 1. The largest absolute Gasteiger partial charge is 0.357 e. The second-order valence-electron chi connectivity index (χ2n) is 6.55. The van der Waals surface area contributed by atoms with E-state index in [1.54, 1.807) is 11.0 Å². The minimum Gasteiger partial charge on any atom is -0.357 e. The molecule has 2 aromatic rings. The van der Waals surface area contributed by atoms with E-state index < -0.39 is 0 Å². The topological polar surface area (TPSA) is 70.4 Å². The fourth-order valence-corrected chi connectivity index (χ4v) is 3.33. The summed E-state index contributed by atoms with van der Waals surface area (Å²) in [5.41, 5.74) is 1.35. The molecule has 1 unspecified atom stereocenters. The second kappa shape index (κ2) is 9.33. The predicted molar refractivity (Wildman–Crippen MR) is 104 cm³/mol. The number of aryl methyl sites for hydroxylation is 1. The van der Waals surface area contributed by atoms with Crippen LogP contribution in [0.25, 0.3) is 0 Å². The molecule has 0 radical (unpaired) electrons. The van der Waals surface area contributed by atoms with Gasteiger partial charge in [-0.25, -0.2) is 9.98 Å². The molecule has 140 valence electrons. The Morgan fingerprint density at radius 3 is 2.62 bits per heavy atom. The normalized spacial score (nSPS) is 16.6. The van der Waals surface area contributed by atoms with E-state index in [9.17, 15) is 0 Å². The zero-order chi connectivity index (χ0) is 18.2. The lowest BCUT2D eigenvalue weighted by molar-refractivity contribution is 0.245. The van der Waals surface area contributed by atoms with E-state index in [2.05, 4.69) is 67.9 Å². The van der Waals surface area contributed by atoms with Crippen LogP contribution in [-0.4, -0.2) is 51.8 Å². The van der Waals surface area contributed by atoms with Gasteiger partial charge in [-0.2, -0.15) is 5.10 Å². The monoisotopic (exact) mass is 355 g/mol. The van der Waals surface area contributed by atoms with E-state index in [1.807, 2.05) is 7.05 Å². The van der Waals surface area contributed by atoms with Crippen molar-refractivity contribution in [3.05, 3.63) is 48.0 Å². The fraction of sp³-hybridized carbons (Fsp3) is 0.526. The van der Waals surface area contributed by atoms with Gasteiger partial charge in [-0.1, -0.05) is 30.3 Å². The van der Waals surface area contributed by atoms with E-state index in [0.717, 1.165) is 38.0 Å². The minimum atomic E-state index is 0.359. The number of nitrogens with zero attached hydrogens (tertiary/aromatic N) is 5. The Labute approximate surface area is 155 Å². The summed E-state index contributed by atoms with van der Waals surface area (Å²) >= 11 is 0. The van der Waals surface area contributed by atoms with Gasteiger partial charge in [0.1, 0.15) is 18.7 Å². The van der Waals surface area contributed by atoms with E-state index >= 15 is 0 Å². The molecule has 0 bridgehead atoms. The first kappa shape index (κ1) is 18.4. The van der Waals surface area contributed by atoms with Gasteiger partial charge in [0, 0.05) is 20.1 Å². The number of nitrogens with one attached hydrogen (secondary N) is 2. The highest BCUT2D eigenvalue weighted by atomic mass is 15.3. The van der Waals surface area contributed by atoms with Gasteiger partial charge < -0.3 is 10.6 Å². The molecule has 7 nitrogen and oxygen atoms in total. The highest BCUT2D eigenvalue weighted by Crippen LogP contribution is 2.24. The van der Waals surface area contributed by atoms with Crippen LogP contribution in [-0.2, 0) is 13.6 Å². The second-order valence-corrected chi connectivity index (χ2v) is 6.55. The van der Waals surface area contributed by atoms with E-state index in [-0.39, 0.29) is 0 Å². The Balaban J connectivity index is 1.67.